The molecule has 1 heterocycles. The Morgan fingerprint density at radius 1 is 1.15 bits per heavy atom. The number of carbonyl (C=O) groups excluding carboxylic acids is 1. The summed E-state index contributed by atoms with van der Waals surface area (Å²) in [6, 6.07) is 6.31. The Bertz CT molecular complexity index is 1490. The molecule has 1 atom stereocenters. The fourth-order valence-electron chi connectivity index (χ4n) is 3.48. The quantitative estimate of drug-likeness (QED) is 0.385. The zero-order valence-corrected chi connectivity index (χ0v) is 23.8. The van der Waals surface area contributed by atoms with Crippen LogP contribution in [0.1, 0.15) is 27.2 Å². The third kappa shape index (κ3) is 7.27. The number of nitrogens with zero attached hydrogens (tertiary/aromatic N) is 1. The van der Waals surface area contributed by atoms with E-state index in [-0.39, 0.29) is 29.4 Å². The maximum absolute atomic E-state index is 13.7. The van der Waals surface area contributed by atoms with Gasteiger partial charge in [0.25, 0.3) is 10.0 Å². The molecule has 10 nitrogen and oxygen atoms in total. The summed E-state index contributed by atoms with van der Waals surface area (Å²) in [7, 11) is -8.14. The van der Waals surface area contributed by atoms with Crippen molar-refractivity contribution >= 4 is 49.1 Å². The van der Waals surface area contributed by atoms with Gasteiger partial charge in [0.05, 0.1) is 27.9 Å². The molecular weight excluding hydrogens is 606 g/mol. The van der Waals surface area contributed by atoms with Gasteiger partial charge in [0.2, 0.25) is 15.6 Å². The number of alkyl halides is 3. The largest absolute Gasteiger partial charge is 0.485 e. The molecule has 1 aliphatic heterocycles. The van der Waals surface area contributed by atoms with Crippen LogP contribution in [0.4, 0.5) is 33.7 Å². The van der Waals surface area contributed by atoms with Gasteiger partial charge in [-0.1, -0.05) is 18.5 Å². The topological polar surface area (TPSA) is 131 Å². The smallest absolute Gasteiger partial charge is 0.427 e. The summed E-state index contributed by atoms with van der Waals surface area (Å²) in [4.78, 5) is 11.8. The lowest BCUT2D eigenvalue weighted by atomic mass is 10.1. The highest BCUT2D eigenvalue weighted by molar-refractivity contribution is 7.92. The van der Waals surface area contributed by atoms with Crippen LogP contribution in [0.2, 0.25) is 5.02 Å². The van der Waals surface area contributed by atoms with Crippen molar-refractivity contribution in [2.45, 2.75) is 50.0 Å². The number of halogens is 5. The Balaban J connectivity index is 1.97. The molecule has 17 heteroatoms. The van der Waals surface area contributed by atoms with Crippen LogP contribution in [0.3, 0.4) is 0 Å². The number of hydrogen-bond acceptors (Lipinski definition) is 7. The molecule has 0 aliphatic carbocycles. The van der Waals surface area contributed by atoms with E-state index >= 15 is 0 Å². The summed E-state index contributed by atoms with van der Waals surface area (Å²) >= 11 is 5.78. The minimum Gasteiger partial charge on any atom is -0.485 e. The van der Waals surface area contributed by atoms with Gasteiger partial charge in [0, 0.05) is 12.2 Å². The molecule has 0 radical (unpaired) electrons. The standard InChI is InChI=1S/C23H26ClF4N3O7S2/c1-4-9-39(33,34)29-12-15-13-31(40(35,36)16-6-7-18(25)17(24)11-16)19-10-14(5-8-20(19)37-15)30-21(32)38-22(2,3)23(26,27)28/h5-8,10-11,15,29H,4,9,12-13H2,1-3H3,(H,30,32). The zero-order chi connectivity index (χ0) is 30.1. The second-order valence-electron chi connectivity index (χ2n) is 9.22. The van der Waals surface area contributed by atoms with Crippen LogP contribution < -0.4 is 19.1 Å². The summed E-state index contributed by atoms with van der Waals surface area (Å²) in [5, 5.41) is 1.65. The van der Waals surface area contributed by atoms with E-state index in [9.17, 15) is 39.2 Å². The molecule has 1 amide bonds. The van der Waals surface area contributed by atoms with Crippen molar-refractivity contribution in [2.75, 3.05) is 28.5 Å². The predicted molar refractivity (Wildman–Crippen MR) is 139 cm³/mol. The molecule has 0 bridgehead atoms. The van der Waals surface area contributed by atoms with Gasteiger partial charge in [-0.25, -0.2) is 30.7 Å². The molecule has 2 N–H and O–H groups in total. The zero-order valence-electron chi connectivity index (χ0n) is 21.4. The number of anilines is 2. The van der Waals surface area contributed by atoms with Crippen LogP contribution in [-0.4, -0.2) is 59.7 Å². The molecule has 0 spiro atoms. The fraction of sp³-hybridized carbons (Fsp3) is 0.435. The first-order valence-corrected chi connectivity index (χ1v) is 15.2. The average molecular weight is 632 g/mol. The third-order valence-electron chi connectivity index (χ3n) is 5.65. The Hall–Kier alpha value is -2.82. The number of amides is 1. The van der Waals surface area contributed by atoms with E-state index in [0.29, 0.717) is 20.3 Å². The van der Waals surface area contributed by atoms with Gasteiger partial charge in [-0.05, 0) is 56.7 Å². The van der Waals surface area contributed by atoms with E-state index < -0.39 is 66.3 Å². The Morgan fingerprint density at radius 2 is 1.82 bits per heavy atom. The molecule has 0 fully saturated rings. The van der Waals surface area contributed by atoms with Crippen molar-refractivity contribution in [1.82, 2.24) is 4.72 Å². The Morgan fingerprint density at radius 3 is 2.42 bits per heavy atom. The average Bonchev–Trinajstić information content (AvgIpc) is 2.82. The highest BCUT2D eigenvalue weighted by atomic mass is 35.5. The number of sulfonamides is 2. The van der Waals surface area contributed by atoms with E-state index in [4.69, 9.17) is 16.3 Å². The maximum atomic E-state index is 13.7. The number of ether oxygens (including phenoxy) is 2. The summed E-state index contributed by atoms with van der Waals surface area (Å²) < 4.78 is 118. The summed E-state index contributed by atoms with van der Waals surface area (Å²) in [6.07, 6.45) is -6.99. The molecule has 0 aromatic heterocycles. The van der Waals surface area contributed by atoms with E-state index in [1.165, 1.54) is 12.1 Å². The van der Waals surface area contributed by atoms with E-state index in [1.54, 1.807) is 6.92 Å². The van der Waals surface area contributed by atoms with E-state index in [2.05, 4.69) is 14.8 Å². The number of rotatable bonds is 9. The molecular formula is C23H26ClF4N3O7S2. The SMILES string of the molecule is CCCS(=O)(=O)NCC1CN(S(=O)(=O)c2ccc(F)c(Cl)c2)c2cc(NC(=O)OC(C)(C)C(F)(F)F)ccc2O1. The normalized spacial score (nSPS) is 16.2. The van der Waals surface area contributed by atoms with Crippen molar-refractivity contribution in [3.8, 4) is 5.75 Å². The molecule has 1 aliphatic rings. The number of carbonyl (C=O) groups is 1. The van der Waals surface area contributed by atoms with Gasteiger partial charge in [0.1, 0.15) is 17.7 Å². The molecule has 0 saturated carbocycles. The summed E-state index contributed by atoms with van der Waals surface area (Å²) in [6.45, 7) is 2.26. The van der Waals surface area contributed by atoms with Crippen LogP contribution in [0, 0.1) is 5.82 Å². The molecule has 3 rings (SSSR count). The first kappa shape index (κ1) is 31.7. The van der Waals surface area contributed by atoms with Gasteiger partial charge in [0.15, 0.2) is 0 Å². The fourth-order valence-corrected chi connectivity index (χ4v) is 6.37. The van der Waals surface area contributed by atoms with Gasteiger partial charge in [-0.3, -0.25) is 9.62 Å². The van der Waals surface area contributed by atoms with Crippen molar-refractivity contribution in [3.05, 3.63) is 47.2 Å². The van der Waals surface area contributed by atoms with Crippen molar-refractivity contribution in [1.29, 1.82) is 0 Å². The number of benzene rings is 2. The highest BCUT2D eigenvalue weighted by Gasteiger charge is 2.51. The van der Waals surface area contributed by atoms with Crippen molar-refractivity contribution < 1.29 is 48.7 Å². The second-order valence-corrected chi connectivity index (χ2v) is 13.4. The monoisotopic (exact) mass is 631 g/mol. The van der Waals surface area contributed by atoms with Gasteiger partial charge >= 0.3 is 12.3 Å². The van der Waals surface area contributed by atoms with Crippen molar-refractivity contribution in [3.63, 3.8) is 0 Å². The summed E-state index contributed by atoms with van der Waals surface area (Å²) in [5.41, 5.74) is -3.09. The summed E-state index contributed by atoms with van der Waals surface area (Å²) in [5.74, 6) is -1.07. The molecule has 40 heavy (non-hydrogen) atoms. The van der Waals surface area contributed by atoms with E-state index in [1.807, 2.05) is 0 Å². The van der Waals surface area contributed by atoms with Crippen LogP contribution in [-0.2, 0) is 24.8 Å². The molecule has 222 valence electrons. The van der Waals surface area contributed by atoms with Gasteiger partial charge < -0.3 is 9.47 Å². The molecule has 1 unspecified atom stereocenters. The lowest BCUT2D eigenvalue weighted by molar-refractivity contribution is -0.242. The van der Waals surface area contributed by atoms with Crippen molar-refractivity contribution in [2.24, 2.45) is 0 Å². The third-order valence-corrected chi connectivity index (χ3v) is 9.27. The van der Waals surface area contributed by atoms with Crippen LogP contribution in [0.25, 0.3) is 0 Å². The van der Waals surface area contributed by atoms with Gasteiger partial charge in [-0.15, -0.1) is 0 Å². The Labute approximate surface area is 233 Å². The predicted octanol–water partition coefficient (Wildman–Crippen LogP) is 4.65. The maximum Gasteiger partial charge on any atom is 0.427 e. The number of nitrogens with one attached hydrogen (secondary N) is 2. The van der Waals surface area contributed by atoms with Crippen LogP contribution >= 0.6 is 11.6 Å². The first-order valence-electron chi connectivity index (χ1n) is 11.7. The molecule has 2 aromatic rings. The highest BCUT2D eigenvalue weighted by Crippen LogP contribution is 2.40. The van der Waals surface area contributed by atoms with Crippen LogP contribution in [0.5, 0.6) is 5.75 Å². The lowest BCUT2D eigenvalue weighted by Crippen LogP contribution is -2.48. The van der Waals surface area contributed by atoms with E-state index in [0.717, 1.165) is 28.6 Å². The minimum atomic E-state index is -4.86. The second kappa shape index (κ2) is 11.6. The number of hydrogen-bond donors (Lipinski definition) is 2. The number of fused-ring (bicyclic) bond motifs is 1. The lowest BCUT2D eigenvalue weighted by Gasteiger charge is -2.36. The molecule has 2 aromatic carbocycles. The molecule has 0 saturated heterocycles. The Kier molecular flexibility index (Phi) is 9.18. The minimum absolute atomic E-state index is 0.0442. The van der Waals surface area contributed by atoms with Gasteiger partial charge in [-0.2, -0.15) is 13.2 Å². The first-order chi connectivity index (χ1) is 18.4. The van der Waals surface area contributed by atoms with Crippen LogP contribution in [0.15, 0.2) is 41.3 Å².